The van der Waals surface area contributed by atoms with E-state index in [1.54, 1.807) is 26.8 Å². The van der Waals surface area contributed by atoms with E-state index in [0.29, 0.717) is 24.1 Å². The Kier molecular flexibility index (Phi) is 12.9. The number of rotatable bonds is 12. The minimum atomic E-state index is -0.975. The SMILES string of the molecule is C=C/C(N)=C(\C=C)COC(=O)NCCCCC(NC(=O)OC(C)(C)C)C(=O)OCC#N. The summed E-state index contributed by atoms with van der Waals surface area (Å²) in [7, 11) is 0. The van der Waals surface area contributed by atoms with E-state index < -0.39 is 36.4 Å². The highest BCUT2D eigenvalue weighted by Crippen LogP contribution is 2.09. The second-order valence-corrected chi connectivity index (χ2v) is 7.35. The lowest BCUT2D eigenvalue weighted by molar-refractivity contribution is -0.145. The third-order valence-electron chi connectivity index (χ3n) is 3.64. The van der Waals surface area contributed by atoms with Gasteiger partial charge < -0.3 is 30.6 Å². The molecule has 0 heterocycles. The van der Waals surface area contributed by atoms with Crippen molar-refractivity contribution in [2.24, 2.45) is 5.73 Å². The molecule has 0 radical (unpaired) electrons. The molecule has 2 amide bonds. The Hall–Kier alpha value is -3.48. The fourth-order valence-corrected chi connectivity index (χ4v) is 2.15. The molecular formula is C21H32N4O6. The van der Waals surface area contributed by atoms with Crippen LogP contribution in [0.1, 0.15) is 40.0 Å². The normalized spacial score (nSPS) is 12.3. The molecule has 172 valence electrons. The summed E-state index contributed by atoms with van der Waals surface area (Å²) in [4.78, 5) is 35.8. The average molecular weight is 437 g/mol. The molecule has 10 heteroatoms. The number of nitrogens with zero attached hydrogens (tertiary/aromatic N) is 1. The molecule has 0 saturated heterocycles. The average Bonchev–Trinajstić information content (AvgIpc) is 2.69. The molecule has 0 saturated carbocycles. The van der Waals surface area contributed by atoms with Crippen molar-refractivity contribution in [3.63, 3.8) is 0 Å². The summed E-state index contributed by atoms with van der Waals surface area (Å²) in [6, 6.07) is 0.723. The Labute approximate surface area is 183 Å². The first-order valence-corrected chi connectivity index (χ1v) is 9.71. The summed E-state index contributed by atoms with van der Waals surface area (Å²) < 4.78 is 15.0. The van der Waals surface area contributed by atoms with Gasteiger partial charge in [0.25, 0.3) is 0 Å². The molecule has 10 nitrogen and oxygen atoms in total. The first kappa shape index (κ1) is 27.5. The van der Waals surface area contributed by atoms with Gasteiger partial charge in [-0.1, -0.05) is 19.2 Å². The number of nitrogens with one attached hydrogen (secondary N) is 2. The van der Waals surface area contributed by atoms with Gasteiger partial charge >= 0.3 is 18.2 Å². The Morgan fingerprint density at radius 3 is 2.35 bits per heavy atom. The zero-order valence-corrected chi connectivity index (χ0v) is 18.4. The predicted molar refractivity (Wildman–Crippen MR) is 115 cm³/mol. The number of amides is 2. The molecular weight excluding hydrogens is 404 g/mol. The largest absolute Gasteiger partial charge is 0.449 e. The van der Waals surface area contributed by atoms with Gasteiger partial charge in [0.05, 0.1) is 0 Å². The monoisotopic (exact) mass is 436 g/mol. The van der Waals surface area contributed by atoms with E-state index in [9.17, 15) is 14.4 Å². The van der Waals surface area contributed by atoms with Crippen LogP contribution in [-0.4, -0.2) is 49.6 Å². The molecule has 0 aliphatic carbocycles. The third-order valence-corrected chi connectivity index (χ3v) is 3.64. The highest BCUT2D eigenvalue weighted by atomic mass is 16.6. The second-order valence-electron chi connectivity index (χ2n) is 7.35. The number of esters is 1. The number of allylic oxidation sites excluding steroid dienone is 1. The first-order chi connectivity index (χ1) is 14.5. The summed E-state index contributed by atoms with van der Waals surface area (Å²) >= 11 is 0. The number of carbonyl (C=O) groups is 3. The van der Waals surface area contributed by atoms with Gasteiger partial charge in [0.15, 0.2) is 6.61 Å². The molecule has 0 spiro atoms. The smallest absolute Gasteiger partial charge is 0.408 e. The maximum absolute atomic E-state index is 12.1. The number of carbonyl (C=O) groups excluding carboxylic acids is 3. The third kappa shape index (κ3) is 13.4. The van der Waals surface area contributed by atoms with E-state index in [2.05, 4.69) is 23.8 Å². The molecule has 0 rings (SSSR count). The van der Waals surface area contributed by atoms with Gasteiger partial charge in [-0.2, -0.15) is 5.26 Å². The maximum atomic E-state index is 12.1. The molecule has 0 aromatic carbocycles. The number of alkyl carbamates (subject to hydrolysis) is 2. The van der Waals surface area contributed by atoms with Gasteiger partial charge in [0, 0.05) is 17.8 Å². The van der Waals surface area contributed by atoms with Gasteiger partial charge in [0.1, 0.15) is 24.3 Å². The first-order valence-electron chi connectivity index (χ1n) is 9.71. The maximum Gasteiger partial charge on any atom is 0.408 e. The van der Waals surface area contributed by atoms with Crippen LogP contribution in [0, 0.1) is 11.3 Å². The molecule has 0 aromatic heterocycles. The Bertz CT molecular complexity index is 718. The Balaban J connectivity index is 4.48. The van der Waals surface area contributed by atoms with Gasteiger partial charge in [-0.15, -0.1) is 0 Å². The van der Waals surface area contributed by atoms with Crippen molar-refractivity contribution >= 4 is 18.2 Å². The van der Waals surface area contributed by atoms with Crippen molar-refractivity contribution < 1.29 is 28.6 Å². The van der Waals surface area contributed by atoms with Crippen molar-refractivity contribution in [3.05, 3.63) is 36.6 Å². The standard InChI is InChI=1S/C21H32N4O6/c1-6-15(16(23)7-2)14-30-19(27)24-12-9-8-10-17(18(26)29-13-11-22)25-20(28)31-21(3,4)5/h6-7,17H,1-2,8-10,12-14,23H2,3-5H3,(H,24,27)(H,25,28)/b16-15-. The summed E-state index contributed by atoms with van der Waals surface area (Å²) in [6.45, 7) is 12.0. The minimum absolute atomic E-state index is 0.0419. The second kappa shape index (κ2) is 14.5. The van der Waals surface area contributed by atoms with Crippen molar-refractivity contribution in [1.29, 1.82) is 5.26 Å². The molecule has 1 unspecified atom stereocenters. The van der Waals surface area contributed by atoms with Crippen LogP contribution in [-0.2, 0) is 19.0 Å². The molecule has 31 heavy (non-hydrogen) atoms. The van der Waals surface area contributed by atoms with Gasteiger partial charge in [0.2, 0.25) is 0 Å². The van der Waals surface area contributed by atoms with E-state index in [4.69, 9.17) is 25.2 Å². The Morgan fingerprint density at radius 1 is 1.13 bits per heavy atom. The van der Waals surface area contributed by atoms with Crippen molar-refractivity contribution in [1.82, 2.24) is 10.6 Å². The summed E-state index contributed by atoms with van der Waals surface area (Å²) in [6.07, 6.45) is 2.73. The fraction of sp³-hybridized carbons (Fsp3) is 0.524. The Morgan fingerprint density at radius 2 is 1.81 bits per heavy atom. The van der Waals surface area contributed by atoms with Crippen molar-refractivity contribution in [2.45, 2.75) is 51.7 Å². The van der Waals surface area contributed by atoms with Crippen LogP contribution < -0.4 is 16.4 Å². The molecule has 0 aliphatic rings. The number of hydrogen-bond acceptors (Lipinski definition) is 8. The number of nitrogens with two attached hydrogens (primary N) is 1. The lowest BCUT2D eigenvalue weighted by Crippen LogP contribution is -2.44. The predicted octanol–water partition coefficient (Wildman–Crippen LogP) is 2.43. The van der Waals surface area contributed by atoms with Crippen LogP contribution >= 0.6 is 0 Å². The quantitative estimate of drug-likeness (QED) is 0.182. The van der Waals surface area contributed by atoms with Crippen LogP contribution in [0.15, 0.2) is 36.6 Å². The molecule has 0 fully saturated rings. The van der Waals surface area contributed by atoms with E-state index in [0.717, 1.165) is 0 Å². The lowest BCUT2D eigenvalue weighted by Gasteiger charge is -2.22. The van der Waals surface area contributed by atoms with Crippen LogP contribution in [0.4, 0.5) is 9.59 Å². The number of nitriles is 1. The topological polar surface area (TPSA) is 153 Å². The molecule has 0 aliphatic heterocycles. The highest BCUT2D eigenvalue weighted by molar-refractivity contribution is 5.81. The summed E-state index contributed by atoms with van der Waals surface area (Å²) in [5.74, 6) is -0.733. The van der Waals surface area contributed by atoms with Crippen molar-refractivity contribution in [3.8, 4) is 6.07 Å². The van der Waals surface area contributed by atoms with Gasteiger partial charge in [-0.25, -0.2) is 14.4 Å². The molecule has 0 aromatic rings. The van der Waals surface area contributed by atoms with E-state index in [1.165, 1.54) is 12.2 Å². The fourth-order valence-electron chi connectivity index (χ4n) is 2.15. The molecule has 0 bridgehead atoms. The number of unbranched alkanes of at least 4 members (excludes halogenated alkanes) is 1. The van der Waals surface area contributed by atoms with E-state index in [1.807, 2.05) is 0 Å². The zero-order chi connectivity index (χ0) is 23.9. The summed E-state index contributed by atoms with van der Waals surface area (Å²) in [5, 5.41) is 13.6. The zero-order valence-electron chi connectivity index (χ0n) is 18.4. The van der Waals surface area contributed by atoms with Crippen LogP contribution in [0.2, 0.25) is 0 Å². The highest BCUT2D eigenvalue weighted by Gasteiger charge is 2.25. The molecule has 1 atom stereocenters. The van der Waals surface area contributed by atoms with Crippen LogP contribution in [0.25, 0.3) is 0 Å². The van der Waals surface area contributed by atoms with Gasteiger partial charge in [-0.05, 0) is 46.1 Å². The van der Waals surface area contributed by atoms with Crippen LogP contribution in [0.3, 0.4) is 0 Å². The van der Waals surface area contributed by atoms with E-state index >= 15 is 0 Å². The number of ether oxygens (including phenoxy) is 3. The van der Waals surface area contributed by atoms with E-state index in [-0.39, 0.29) is 19.6 Å². The number of hydrogen-bond donors (Lipinski definition) is 3. The molecule has 4 N–H and O–H groups in total. The van der Waals surface area contributed by atoms with Crippen LogP contribution in [0.5, 0.6) is 0 Å². The minimum Gasteiger partial charge on any atom is -0.449 e. The van der Waals surface area contributed by atoms with Crippen molar-refractivity contribution in [2.75, 3.05) is 19.8 Å². The van der Waals surface area contributed by atoms with Gasteiger partial charge in [-0.3, -0.25) is 0 Å². The lowest BCUT2D eigenvalue weighted by atomic mass is 10.1. The summed E-state index contributed by atoms with van der Waals surface area (Å²) in [5.41, 5.74) is 5.87.